The van der Waals surface area contributed by atoms with E-state index in [9.17, 15) is 0 Å². The van der Waals surface area contributed by atoms with Gasteiger partial charge in [0.05, 0.1) is 11.0 Å². The van der Waals surface area contributed by atoms with Gasteiger partial charge in [-0.15, -0.1) is 0 Å². The zero-order valence-electron chi connectivity index (χ0n) is 11.7. The number of rotatable bonds is 3. The van der Waals surface area contributed by atoms with Crippen LogP contribution in [-0.4, -0.2) is 9.97 Å². The van der Waals surface area contributed by atoms with Crippen molar-refractivity contribution in [3.8, 4) is 5.75 Å². The minimum absolute atomic E-state index is 0.389. The van der Waals surface area contributed by atoms with E-state index in [2.05, 4.69) is 28.2 Å². The summed E-state index contributed by atoms with van der Waals surface area (Å²) in [4.78, 5) is 7.74. The highest BCUT2D eigenvalue weighted by Gasteiger charge is 2.06. The van der Waals surface area contributed by atoms with Gasteiger partial charge in [0.2, 0.25) is 0 Å². The van der Waals surface area contributed by atoms with Crippen LogP contribution in [0.5, 0.6) is 5.75 Å². The molecule has 3 nitrogen and oxygen atoms in total. The molecule has 0 unspecified atom stereocenters. The van der Waals surface area contributed by atoms with Crippen molar-refractivity contribution >= 4 is 33.4 Å². The number of hydrogen-bond acceptors (Lipinski definition) is 2. The molecular weight excluding hydrogens is 296 g/mol. The van der Waals surface area contributed by atoms with Crippen molar-refractivity contribution in [2.75, 3.05) is 0 Å². The summed E-state index contributed by atoms with van der Waals surface area (Å²) in [6.45, 7) is 0.389. The van der Waals surface area contributed by atoms with Crippen molar-refractivity contribution in [1.82, 2.24) is 9.97 Å². The van der Waals surface area contributed by atoms with E-state index in [1.54, 1.807) is 0 Å². The van der Waals surface area contributed by atoms with Gasteiger partial charge in [-0.25, -0.2) is 4.98 Å². The molecule has 1 aromatic heterocycles. The molecule has 0 aliphatic rings. The maximum Gasteiger partial charge on any atom is 0.146 e. The Labute approximate surface area is 132 Å². The Kier molecular flexibility index (Phi) is 3.20. The molecule has 4 aromatic rings. The van der Waals surface area contributed by atoms with Gasteiger partial charge in [0.15, 0.2) is 0 Å². The molecule has 4 rings (SSSR count). The average molecular weight is 309 g/mol. The van der Waals surface area contributed by atoms with Crippen molar-refractivity contribution in [2.45, 2.75) is 6.61 Å². The summed E-state index contributed by atoms with van der Waals surface area (Å²) in [6, 6.07) is 19.8. The number of hydrogen-bond donors (Lipinski definition) is 1. The van der Waals surface area contributed by atoms with E-state index in [1.807, 2.05) is 42.5 Å². The second-order valence-electron chi connectivity index (χ2n) is 5.11. The Morgan fingerprint density at radius 1 is 1.00 bits per heavy atom. The molecule has 108 valence electrons. The van der Waals surface area contributed by atoms with E-state index < -0.39 is 0 Å². The third-order valence-corrected chi connectivity index (χ3v) is 3.84. The van der Waals surface area contributed by atoms with Crippen LogP contribution in [0.2, 0.25) is 5.02 Å². The Bertz CT molecular complexity index is 956. The van der Waals surface area contributed by atoms with E-state index in [0.717, 1.165) is 33.4 Å². The molecule has 4 heteroatoms. The van der Waals surface area contributed by atoms with Crippen LogP contribution >= 0.6 is 11.6 Å². The number of aromatic nitrogens is 2. The number of nitrogens with one attached hydrogen (secondary N) is 1. The van der Waals surface area contributed by atoms with Gasteiger partial charge in [-0.2, -0.15) is 0 Å². The van der Waals surface area contributed by atoms with E-state index in [0.29, 0.717) is 11.6 Å². The monoisotopic (exact) mass is 308 g/mol. The molecule has 0 aliphatic heterocycles. The first-order valence-electron chi connectivity index (χ1n) is 7.04. The zero-order valence-corrected chi connectivity index (χ0v) is 12.5. The van der Waals surface area contributed by atoms with Gasteiger partial charge >= 0.3 is 0 Å². The van der Waals surface area contributed by atoms with Gasteiger partial charge in [-0.1, -0.05) is 48.0 Å². The lowest BCUT2D eigenvalue weighted by molar-refractivity contribution is 0.301. The number of ether oxygens (including phenoxy) is 1. The maximum atomic E-state index is 5.99. The van der Waals surface area contributed by atoms with Crippen LogP contribution in [-0.2, 0) is 6.61 Å². The Balaban J connectivity index is 1.62. The van der Waals surface area contributed by atoms with Crippen LogP contribution in [0, 0.1) is 0 Å². The zero-order chi connectivity index (χ0) is 14.9. The molecule has 1 N–H and O–H groups in total. The molecule has 0 atom stereocenters. The minimum Gasteiger partial charge on any atom is -0.485 e. The highest BCUT2D eigenvalue weighted by Crippen LogP contribution is 2.26. The molecule has 3 aromatic carbocycles. The molecule has 0 fully saturated rings. The summed E-state index contributed by atoms with van der Waals surface area (Å²) in [5.74, 6) is 1.64. The van der Waals surface area contributed by atoms with Crippen molar-refractivity contribution in [2.24, 2.45) is 0 Å². The van der Waals surface area contributed by atoms with Crippen LogP contribution in [0.15, 0.2) is 60.7 Å². The molecule has 0 aliphatic carbocycles. The van der Waals surface area contributed by atoms with Crippen molar-refractivity contribution in [3.63, 3.8) is 0 Å². The molecule has 0 bridgehead atoms. The van der Waals surface area contributed by atoms with Gasteiger partial charge < -0.3 is 9.72 Å². The fourth-order valence-electron chi connectivity index (χ4n) is 2.57. The van der Waals surface area contributed by atoms with Crippen molar-refractivity contribution < 1.29 is 4.74 Å². The Hall–Kier alpha value is -2.52. The Morgan fingerprint density at radius 2 is 1.86 bits per heavy atom. The van der Waals surface area contributed by atoms with Crippen molar-refractivity contribution in [1.29, 1.82) is 0 Å². The summed E-state index contributed by atoms with van der Waals surface area (Å²) in [5.41, 5.74) is 1.81. The molecular formula is C18H13ClN2O. The number of H-pyrrole nitrogens is 1. The lowest BCUT2D eigenvalue weighted by Crippen LogP contribution is -1.97. The molecule has 0 radical (unpaired) electrons. The number of halogens is 1. The van der Waals surface area contributed by atoms with Crippen molar-refractivity contribution in [3.05, 3.63) is 71.5 Å². The van der Waals surface area contributed by atoms with Gasteiger partial charge in [-0.3, -0.25) is 0 Å². The van der Waals surface area contributed by atoms with E-state index >= 15 is 0 Å². The molecule has 0 spiro atoms. The lowest BCUT2D eigenvalue weighted by atomic mass is 10.1. The predicted octanol–water partition coefficient (Wildman–Crippen LogP) is 4.95. The van der Waals surface area contributed by atoms with Crippen LogP contribution in [0.4, 0.5) is 0 Å². The molecule has 0 amide bonds. The van der Waals surface area contributed by atoms with E-state index in [1.165, 1.54) is 0 Å². The lowest BCUT2D eigenvalue weighted by Gasteiger charge is -2.07. The summed E-state index contributed by atoms with van der Waals surface area (Å²) in [7, 11) is 0. The largest absolute Gasteiger partial charge is 0.485 e. The highest BCUT2D eigenvalue weighted by molar-refractivity contribution is 6.31. The summed E-state index contributed by atoms with van der Waals surface area (Å²) < 4.78 is 5.94. The smallest absolute Gasteiger partial charge is 0.146 e. The van der Waals surface area contributed by atoms with Crippen LogP contribution in [0.3, 0.4) is 0 Å². The predicted molar refractivity (Wildman–Crippen MR) is 89.4 cm³/mol. The average Bonchev–Trinajstić information content (AvgIpc) is 2.95. The summed E-state index contributed by atoms with van der Waals surface area (Å²) in [5, 5.41) is 2.96. The number of aromatic amines is 1. The second-order valence-corrected chi connectivity index (χ2v) is 5.55. The van der Waals surface area contributed by atoms with Crippen LogP contribution in [0.1, 0.15) is 5.82 Å². The standard InChI is InChI=1S/C18H13ClN2O/c19-13-8-9-15-16(10-13)21-18(20-15)11-22-17-7-3-5-12-4-1-2-6-14(12)17/h1-10H,11H2,(H,20,21). The van der Waals surface area contributed by atoms with Crippen LogP contribution < -0.4 is 4.74 Å². The van der Waals surface area contributed by atoms with Gasteiger partial charge in [0, 0.05) is 10.4 Å². The topological polar surface area (TPSA) is 37.9 Å². The van der Waals surface area contributed by atoms with E-state index in [4.69, 9.17) is 16.3 Å². The molecule has 22 heavy (non-hydrogen) atoms. The highest BCUT2D eigenvalue weighted by atomic mass is 35.5. The number of imidazole rings is 1. The minimum atomic E-state index is 0.389. The SMILES string of the molecule is Clc1ccc2nc(COc3cccc4ccccc34)[nH]c2c1. The first-order chi connectivity index (χ1) is 10.8. The molecule has 1 heterocycles. The number of nitrogens with zero attached hydrogens (tertiary/aromatic N) is 1. The second kappa shape index (κ2) is 5.35. The number of fused-ring (bicyclic) bond motifs is 2. The molecule has 0 saturated heterocycles. The fraction of sp³-hybridized carbons (Fsp3) is 0.0556. The van der Waals surface area contributed by atoms with Gasteiger partial charge in [0.1, 0.15) is 18.2 Å². The van der Waals surface area contributed by atoms with E-state index in [-0.39, 0.29) is 0 Å². The first kappa shape index (κ1) is 13.2. The quantitative estimate of drug-likeness (QED) is 0.581. The Morgan fingerprint density at radius 3 is 2.82 bits per heavy atom. The molecule has 0 saturated carbocycles. The van der Waals surface area contributed by atoms with Gasteiger partial charge in [-0.05, 0) is 29.7 Å². The third-order valence-electron chi connectivity index (χ3n) is 3.61. The third kappa shape index (κ3) is 2.40. The normalized spacial score (nSPS) is 11.1. The fourth-order valence-corrected chi connectivity index (χ4v) is 2.74. The maximum absolute atomic E-state index is 5.99. The van der Waals surface area contributed by atoms with Crippen LogP contribution in [0.25, 0.3) is 21.8 Å². The summed E-state index contributed by atoms with van der Waals surface area (Å²) >= 11 is 5.99. The first-order valence-corrected chi connectivity index (χ1v) is 7.42. The number of benzene rings is 3. The van der Waals surface area contributed by atoms with Gasteiger partial charge in [0.25, 0.3) is 0 Å². The summed E-state index contributed by atoms with van der Waals surface area (Å²) in [6.07, 6.45) is 0.